The highest BCUT2D eigenvalue weighted by Crippen LogP contribution is 2.29. The molecule has 0 bridgehead atoms. The smallest absolute Gasteiger partial charge is 0.104 e. The van der Waals surface area contributed by atoms with Gasteiger partial charge in [0.05, 0.1) is 6.07 Å². The summed E-state index contributed by atoms with van der Waals surface area (Å²) in [5, 5.41) is 8.69. The molecule has 0 aromatic heterocycles. The number of rotatable bonds is 0. The molecule has 2 N–H and O–H groups in total. The van der Waals surface area contributed by atoms with Gasteiger partial charge in [-0.25, -0.2) is 0 Å². The second-order valence-corrected chi connectivity index (χ2v) is 3.47. The van der Waals surface area contributed by atoms with Gasteiger partial charge in [0.2, 0.25) is 0 Å². The van der Waals surface area contributed by atoms with Crippen LogP contribution in [0.3, 0.4) is 0 Å². The van der Waals surface area contributed by atoms with Crippen LogP contribution in [0.4, 0.5) is 0 Å². The summed E-state index contributed by atoms with van der Waals surface area (Å²) in [7, 11) is 0. The van der Waals surface area contributed by atoms with Crippen molar-refractivity contribution in [2.45, 2.75) is 38.1 Å². The zero-order valence-corrected chi connectivity index (χ0v) is 6.43. The Balaban J connectivity index is 2.56. The van der Waals surface area contributed by atoms with E-state index < -0.39 is 5.54 Å². The van der Waals surface area contributed by atoms with E-state index in [0.717, 1.165) is 19.3 Å². The zero-order chi connectivity index (χ0) is 7.61. The molecule has 2 atom stereocenters. The lowest BCUT2D eigenvalue weighted by Crippen LogP contribution is -2.42. The van der Waals surface area contributed by atoms with E-state index in [0.29, 0.717) is 5.92 Å². The van der Waals surface area contributed by atoms with E-state index in [1.165, 1.54) is 6.42 Å². The molecule has 0 aliphatic heterocycles. The van der Waals surface area contributed by atoms with E-state index in [2.05, 4.69) is 13.0 Å². The Labute approximate surface area is 62.0 Å². The molecule has 10 heavy (non-hydrogen) atoms. The van der Waals surface area contributed by atoms with Crippen molar-refractivity contribution in [1.29, 1.82) is 5.26 Å². The fraction of sp³-hybridized carbons (Fsp3) is 0.875. The summed E-state index contributed by atoms with van der Waals surface area (Å²) in [4.78, 5) is 0. The molecule has 1 rings (SSSR count). The molecule has 0 saturated heterocycles. The predicted molar refractivity (Wildman–Crippen MR) is 40.2 cm³/mol. The summed E-state index contributed by atoms with van der Waals surface area (Å²) in [6, 6.07) is 2.19. The lowest BCUT2D eigenvalue weighted by Gasteiger charge is -2.30. The quantitative estimate of drug-likeness (QED) is 0.550. The van der Waals surface area contributed by atoms with Crippen molar-refractivity contribution < 1.29 is 0 Å². The van der Waals surface area contributed by atoms with Crippen molar-refractivity contribution in [1.82, 2.24) is 0 Å². The minimum atomic E-state index is -0.502. The van der Waals surface area contributed by atoms with Crippen molar-refractivity contribution in [3.8, 4) is 6.07 Å². The van der Waals surface area contributed by atoms with Crippen LogP contribution in [0.15, 0.2) is 0 Å². The molecule has 0 amide bonds. The molecule has 2 nitrogen and oxygen atoms in total. The van der Waals surface area contributed by atoms with E-state index in [-0.39, 0.29) is 0 Å². The second kappa shape index (κ2) is 2.59. The van der Waals surface area contributed by atoms with Crippen molar-refractivity contribution in [3.05, 3.63) is 0 Å². The molecular weight excluding hydrogens is 124 g/mol. The van der Waals surface area contributed by atoms with Gasteiger partial charge in [-0.2, -0.15) is 5.26 Å². The number of nitrogens with two attached hydrogens (primary N) is 1. The summed E-state index contributed by atoms with van der Waals surface area (Å²) < 4.78 is 0. The Hall–Kier alpha value is -0.550. The number of hydrogen-bond acceptors (Lipinski definition) is 2. The van der Waals surface area contributed by atoms with Crippen molar-refractivity contribution >= 4 is 0 Å². The van der Waals surface area contributed by atoms with Crippen LogP contribution in [0, 0.1) is 17.2 Å². The van der Waals surface area contributed by atoms with E-state index in [1.54, 1.807) is 0 Å². The summed E-state index contributed by atoms with van der Waals surface area (Å²) in [6.07, 6.45) is 4.11. The largest absolute Gasteiger partial charge is 0.313 e. The summed E-state index contributed by atoms with van der Waals surface area (Å²) in [5.41, 5.74) is 5.29. The maximum Gasteiger partial charge on any atom is 0.104 e. The van der Waals surface area contributed by atoms with Crippen molar-refractivity contribution in [3.63, 3.8) is 0 Å². The Morgan fingerprint density at radius 1 is 1.70 bits per heavy atom. The number of hydrogen-bond donors (Lipinski definition) is 1. The minimum absolute atomic E-state index is 0.502. The third-order valence-corrected chi connectivity index (χ3v) is 2.26. The first-order valence-electron chi connectivity index (χ1n) is 3.86. The monoisotopic (exact) mass is 138 g/mol. The van der Waals surface area contributed by atoms with Crippen molar-refractivity contribution in [2.75, 3.05) is 0 Å². The Bertz CT molecular complexity index is 159. The SMILES string of the molecule is CC1CCCC(N)(C#N)C1. The highest BCUT2D eigenvalue weighted by molar-refractivity contribution is 5.06. The third-order valence-electron chi connectivity index (χ3n) is 2.26. The molecule has 0 aromatic carbocycles. The summed E-state index contributed by atoms with van der Waals surface area (Å²) >= 11 is 0. The predicted octanol–water partition coefficient (Wildman–Crippen LogP) is 1.42. The van der Waals surface area contributed by atoms with Crippen LogP contribution in [-0.2, 0) is 0 Å². The van der Waals surface area contributed by atoms with Crippen LogP contribution < -0.4 is 5.73 Å². The van der Waals surface area contributed by atoms with E-state index in [1.807, 2.05) is 0 Å². The summed E-state index contributed by atoms with van der Waals surface area (Å²) in [5.74, 6) is 0.637. The zero-order valence-electron chi connectivity index (χ0n) is 6.43. The van der Waals surface area contributed by atoms with E-state index >= 15 is 0 Å². The molecule has 56 valence electrons. The molecule has 1 fully saturated rings. The molecule has 1 saturated carbocycles. The Morgan fingerprint density at radius 2 is 2.40 bits per heavy atom. The van der Waals surface area contributed by atoms with Gasteiger partial charge in [-0.05, 0) is 18.8 Å². The first-order valence-corrected chi connectivity index (χ1v) is 3.86. The Morgan fingerprint density at radius 3 is 2.80 bits per heavy atom. The van der Waals surface area contributed by atoms with Gasteiger partial charge >= 0.3 is 0 Å². The molecule has 1 aliphatic rings. The lowest BCUT2D eigenvalue weighted by atomic mass is 9.78. The fourth-order valence-electron chi connectivity index (χ4n) is 1.69. The summed E-state index contributed by atoms with van der Waals surface area (Å²) in [6.45, 7) is 2.16. The molecule has 2 heteroatoms. The van der Waals surface area contributed by atoms with Crippen LogP contribution in [0.2, 0.25) is 0 Å². The molecule has 0 radical (unpaired) electrons. The highest BCUT2D eigenvalue weighted by atomic mass is 14.7. The van der Waals surface area contributed by atoms with Crippen LogP contribution in [0.25, 0.3) is 0 Å². The normalized spacial score (nSPS) is 40.7. The van der Waals surface area contributed by atoms with Gasteiger partial charge in [-0.15, -0.1) is 0 Å². The van der Waals surface area contributed by atoms with Crippen LogP contribution in [0.5, 0.6) is 0 Å². The van der Waals surface area contributed by atoms with Crippen LogP contribution >= 0.6 is 0 Å². The third kappa shape index (κ3) is 1.48. The average Bonchev–Trinajstić information content (AvgIpc) is 1.88. The van der Waals surface area contributed by atoms with Crippen molar-refractivity contribution in [2.24, 2.45) is 11.7 Å². The molecule has 0 aromatic rings. The van der Waals surface area contributed by atoms with E-state index in [4.69, 9.17) is 11.0 Å². The van der Waals surface area contributed by atoms with Gasteiger partial charge in [-0.3, -0.25) is 0 Å². The standard InChI is InChI=1S/C8H14N2/c1-7-3-2-4-8(10,5-7)6-9/h7H,2-5,10H2,1H3. The van der Waals surface area contributed by atoms with Gasteiger partial charge in [0.15, 0.2) is 0 Å². The molecule has 0 heterocycles. The minimum Gasteiger partial charge on any atom is -0.313 e. The fourth-order valence-corrected chi connectivity index (χ4v) is 1.69. The van der Waals surface area contributed by atoms with Crippen LogP contribution in [0.1, 0.15) is 32.6 Å². The second-order valence-electron chi connectivity index (χ2n) is 3.47. The van der Waals surface area contributed by atoms with Crippen LogP contribution in [-0.4, -0.2) is 5.54 Å². The maximum absolute atomic E-state index is 8.69. The topological polar surface area (TPSA) is 49.8 Å². The molecule has 2 unspecified atom stereocenters. The molecule has 1 aliphatic carbocycles. The number of nitrogens with zero attached hydrogens (tertiary/aromatic N) is 1. The van der Waals surface area contributed by atoms with Gasteiger partial charge < -0.3 is 5.73 Å². The van der Waals surface area contributed by atoms with Gasteiger partial charge in [0.25, 0.3) is 0 Å². The highest BCUT2D eigenvalue weighted by Gasteiger charge is 2.30. The Kier molecular flexibility index (Phi) is 1.96. The molecule has 0 spiro atoms. The first kappa shape index (κ1) is 7.56. The average molecular weight is 138 g/mol. The lowest BCUT2D eigenvalue weighted by molar-refractivity contribution is 0.290. The maximum atomic E-state index is 8.69. The number of nitriles is 1. The van der Waals surface area contributed by atoms with Gasteiger partial charge in [-0.1, -0.05) is 19.8 Å². The van der Waals surface area contributed by atoms with Gasteiger partial charge in [0.1, 0.15) is 5.54 Å². The van der Waals surface area contributed by atoms with E-state index in [9.17, 15) is 0 Å². The molecular formula is C8H14N2. The first-order chi connectivity index (χ1) is 4.66. The van der Waals surface area contributed by atoms with Gasteiger partial charge in [0, 0.05) is 0 Å².